The normalized spacial score (nSPS) is 18.5. The zero-order valence-corrected chi connectivity index (χ0v) is 16.3. The van der Waals surface area contributed by atoms with Gasteiger partial charge in [0.15, 0.2) is 0 Å². The summed E-state index contributed by atoms with van der Waals surface area (Å²) in [5, 5.41) is 2.62. The van der Waals surface area contributed by atoms with Gasteiger partial charge in [0.05, 0.1) is 30.0 Å². The summed E-state index contributed by atoms with van der Waals surface area (Å²) in [6.07, 6.45) is -0.338. The molecule has 2 aromatic rings. The molecule has 2 amide bonds. The smallest absolute Gasteiger partial charge is 0.416 e. The third kappa shape index (κ3) is 4.50. The topological polar surface area (TPSA) is 67.9 Å². The Kier molecular flexibility index (Phi) is 5.58. The van der Waals surface area contributed by atoms with E-state index in [9.17, 15) is 22.8 Å². The van der Waals surface area contributed by atoms with Gasteiger partial charge in [-0.25, -0.2) is 0 Å². The summed E-state index contributed by atoms with van der Waals surface area (Å²) in [7, 11) is 0. The van der Waals surface area contributed by atoms with Gasteiger partial charge in [-0.3, -0.25) is 9.59 Å². The number of fused-ring (bicyclic) bond motifs is 1. The Morgan fingerprint density at radius 3 is 2.58 bits per heavy atom. The fraction of sp³-hybridized carbons (Fsp3) is 0.273. The van der Waals surface area contributed by atoms with Crippen LogP contribution in [-0.4, -0.2) is 42.5 Å². The zero-order valence-electron chi connectivity index (χ0n) is 16.3. The number of anilines is 1. The van der Waals surface area contributed by atoms with Crippen LogP contribution in [0.2, 0.25) is 0 Å². The predicted octanol–water partition coefficient (Wildman–Crippen LogP) is 4.09. The fourth-order valence-corrected chi connectivity index (χ4v) is 3.51. The molecule has 2 aromatic carbocycles. The number of alkyl halides is 3. The molecule has 4 rings (SSSR count). The minimum absolute atomic E-state index is 0.0679. The first-order valence-corrected chi connectivity index (χ1v) is 9.66. The van der Waals surface area contributed by atoms with Gasteiger partial charge in [0.1, 0.15) is 19.0 Å². The molecular weight excluding hydrogens is 413 g/mol. The molecule has 1 N–H and O–H groups in total. The fourth-order valence-electron chi connectivity index (χ4n) is 3.51. The molecule has 162 valence electrons. The van der Waals surface area contributed by atoms with Gasteiger partial charge in [0.2, 0.25) is 0 Å². The number of hydrogen-bond donors (Lipinski definition) is 1. The molecule has 1 unspecified atom stereocenters. The number of carbonyl (C=O) groups is 2. The lowest BCUT2D eigenvalue weighted by atomic mass is 10.1. The molecular formula is C22H19F3N2O4. The van der Waals surface area contributed by atoms with E-state index in [4.69, 9.17) is 9.47 Å². The Morgan fingerprint density at radius 1 is 1.13 bits per heavy atom. The van der Waals surface area contributed by atoms with Crippen LogP contribution < -0.4 is 10.1 Å². The third-order valence-corrected chi connectivity index (χ3v) is 5.12. The molecule has 31 heavy (non-hydrogen) atoms. The van der Waals surface area contributed by atoms with Crippen molar-refractivity contribution in [3.05, 3.63) is 71.5 Å². The number of halogens is 3. The third-order valence-electron chi connectivity index (χ3n) is 5.12. The first kappa shape index (κ1) is 20.8. The SMILES string of the molecule is O=C(Nc1ccc2c(c1)C(=O)N(C1CC=COC1)CCO2)c1ccc(C(F)(F)F)cc1. The van der Waals surface area contributed by atoms with Crippen molar-refractivity contribution in [2.75, 3.05) is 25.1 Å². The number of carbonyl (C=O) groups excluding carboxylic acids is 2. The van der Waals surface area contributed by atoms with Crippen molar-refractivity contribution < 1.29 is 32.2 Å². The predicted molar refractivity (Wildman–Crippen MR) is 106 cm³/mol. The number of hydrogen-bond acceptors (Lipinski definition) is 4. The van der Waals surface area contributed by atoms with E-state index in [2.05, 4.69) is 5.32 Å². The van der Waals surface area contributed by atoms with Gasteiger partial charge >= 0.3 is 6.18 Å². The number of ether oxygens (including phenoxy) is 2. The number of amides is 2. The van der Waals surface area contributed by atoms with E-state index in [-0.39, 0.29) is 17.5 Å². The minimum atomic E-state index is -4.47. The molecule has 6 nitrogen and oxygen atoms in total. The molecule has 0 spiro atoms. The Hall–Kier alpha value is -3.49. The van der Waals surface area contributed by atoms with Gasteiger partial charge < -0.3 is 19.7 Å². The highest BCUT2D eigenvalue weighted by Crippen LogP contribution is 2.30. The molecule has 0 saturated heterocycles. The van der Waals surface area contributed by atoms with Crippen LogP contribution in [0, 0.1) is 0 Å². The molecule has 2 heterocycles. The van der Waals surface area contributed by atoms with Crippen LogP contribution >= 0.6 is 0 Å². The van der Waals surface area contributed by atoms with Crippen LogP contribution in [0.3, 0.4) is 0 Å². The zero-order chi connectivity index (χ0) is 22.0. The van der Waals surface area contributed by atoms with Crippen molar-refractivity contribution in [2.24, 2.45) is 0 Å². The lowest BCUT2D eigenvalue weighted by molar-refractivity contribution is -0.137. The molecule has 0 fully saturated rings. The first-order valence-electron chi connectivity index (χ1n) is 9.66. The molecule has 0 bridgehead atoms. The van der Waals surface area contributed by atoms with Gasteiger partial charge in [-0.1, -0.05) is 0 Å². The van der Waals surface area contributed by atoms with E-state index < -0.39 is 17.6 Å². The summed E-state index contributed by atoms with van der Waals surface area (Å²) in [5.41, 5.74) is -0.128. The maximum atomic E-state index is 13.1. The van der Waals surface area contributed by atoms with Crippen molar-refractivity contribution in [2.45, 2.75) is 18.6 Å². The average Bonchev–Trinajstić information content (AvgIpc) is 2.92. The largest absolute Gasteiger partial charge is 0.499 e. The second kappa shape index (κ2) is 8.33. The van der Waals surface area contributed by atoms with Crippen molar-refractivity contribution in [1.29, 1.82) is 0 Å². The van der Waals surface area contributed by atoms with Crippen LogP contribution in [-0.2, 0) is 10.9 Å². The first-order chi connectivity index (χ1) is 14.8. The van der Waals surface area contributed by atoms with Crippen LogP contribution in [0.15, 0.2) is 54.8 Å². The summed E-state index contributed by atoms with van der Waals surface area (Å²) >= 11 is 0. The van der Waals surface area contributed by atoms with Crippen LogP contribution in [0.5, 0.6) is 5.75 Å². The molecule has 0 saturated carbocycles. The summed E-state index contributed by atoms with van der Waals surface area (Å²) in [6.45, 7) is 1.13. The summed E-state index contributed by atoms with van der Waals surface area (Å²) in [5.74, 6) is -0.410. The quantitative estimate of drug-likeness (QED) is 0.793. The Bertz CT molecular complexity index is 1020. The number of benzene rings is 2. The maximum Gasteiger partial charge on any atom is 0.416 e. The van der Waals surface area contributed by atoms with Gasteiger partial charge in [0, 0.05) is 11.3 Å². The maximum absolute atomic E-state index is 13.1. The van der Waals surface area contributed by atoms with Gasteiger partial charge in [-0.05, 0) is 55.0 Å². The minimum Gasteiger partial charge on any atom is -0.499 e. The average molecular weight is 432 g/mol. The summed E-state index contributed by atoms with van der Waals surface area (Å²) in [4.78, 5) is 27.3. The van der Waals surface area contributed by atoms with Crippen molar-refractivity contribution in [3.63, 3.8) is 0 Å². The van der Waals surface area contributed by atoms with E-state index in [1.165, 1.54) is 6.07 Å². The molecule has 2 aliphatic rings. The molecule has 0 radical (unpaired) electrons. The number of rotatable bonds is 3. The Labute approximate surface area is 176 Å². The highest BCUT2D eigenvalue weighted by atomic mass is 19.4. The number of nitrogens with zero attached hydrogens (tertiary/aromatic N) is 1. The molecule has 2 aliphatic heterocycles. The van der Waals surface area contributed by atoms with Crippen molar-refractivity contribution >= 4 is 17.5 Å². The van der Waals surface area contributed by atoms with Gasteiger partial charge in [-0.2, -0.15) is 13.2 Å². The van der Waals surface area contributed by atoms with E-state index in [1.54, 1.807) is 23.3 Å². The monoisotopic (exact) mass is 432 g/mol. The second-order valence-corrected chi connectivity index (χ2v) is 7.18. The summed E-state index contributed by atoms with van der Waals surface area (Å²) in [6, 6.07) is 8.48. The van der Waals surface area contributed by atoms with E-state index in [0.717, 1.165) is 24.3 Å². The molecule has 0 aromatic heterocycles. The lowest BCUT2D eigenvalue weighted by Gasteiger charge is -2.30. The standard InChI is InChI=1S/C22H19F3N2O4/c23-22(24,25)15-5-3-14(4-6-15)20(28)26-16-7-8-19-18(12-16)21(29)27(9-11-31-19)17-2-1-10-30-13-17/h1,3-8,10,12,17H,2,9,11,13H2,(H,26,28). The Morgan fingerprint density at radius 2 is 1.90 bits per heavy atom. The van der Waals surface area contributed by atoms with Gasteiger partial charge in [0.25, 0.3) is 11.8 Å². The van der Waals surface area contributed by atoms with E-state index >= 15 is 0 Å². The van der Waals surface area contributed by atoms with Gasteiger partial charge in [-0.15, -0.1) is 0 Å². The molecule has 0 aliphatic carbocycles. The van der Waals surface area contributed by atoms with E-state index in [1.807, 2.05) is 6.08 Å². The lowest BCUT2D eigenvalue weighted by Crippen LogP contribution is -2.44. The molecule has 1 atom stereocenters. The van der Waals surface area contributed by atoms with Crippen LogP contribution in [0.25, 0.3) is 0 Å². The molecule has 9 heteroatoms. The number of nitrogens with one attached hydrogen (secondary N) is 1. The Balaban J connectivity index is 1.53. The summed E-state index contributed by atoms with van der Waals surface area (Å²) < 4.78 is 49.1. The second-order valence-electron chi connectivity index (χ2n) is 7.18. The van der Waals surface area contributed by atoms with Crippen molar-refractivity contribution in [1.82, 2.24) is 4.90 Å². The van der Waals surface area contributed by atoms with Crippen molar-refractivity contribution in [3.8, 4) is 5.75 Å². The van der Waals surface area contributed by atoms with Crippen LogP contribution in [0.4, 0.5) is 18.9 Å². The highest BCUT2D eigenvalue weighted by molar-refractivity contribution is 6.05. The van der Waals surface area contributed by atoms with Crippen LogP contribution in [0.1, 0.15) is 32.7 Å². The van der Waals surface area contributed by atoms with E-state index in [0.29, 0.717) is 43.2 Å². The highest BCUT2D eigenvalue weighted by Gasteiger charge is 2.31.